The summed E-state index contributed by atoms with van der Waals surface area (Å²) in [6.07, 6.45) is 3.26. The van der Waals surface area contributed by atoms with Gasteiger partial charge in [-0.05, 0) is 62.4 Å². The molecule has 0 spiro atoms. The smallest absolute Gasteiger partial charge is 0.267 e. The van der Waals surface area contributed by atoms with Crippen molar-refractivity contribution in [3.8, 4) is 28.3 Å². The summed E-state index contributed by atoms with van der Waals surface area (Å²) in [5, 5.41) is 11.5. The van der Waals surface area contributed by atoms with Crippen molar-refractivity contribution in [2.24, 2.45) is 0 Å². The van der Waals surface area contributed by atoms with Crippen LogP contribution in [0.25, 0.3) is 22.5 Å². The van der Waals surface area contributed by atoms with Crippen LogP contribution in [0.1, 0.15) is 19.9 Å². The lowest BCUT2D eigenvalue weighted by molar-refractivity contribution is -0.124. The summed E-state index contributed by atoms with van der Waals surface area (Å²) < 4.78 is 7.90. The van der Waals surface area contributed by atoms with E-state index >= 15 is 0 Å². The maximum Gasteiger partial charge on any atom is 0.267 e. The molecular weight excluding hydrogens is 460 g/mol. The van der Waals surface area contributed by atoms with Gasteiger partial charge in [-0.2, -0.15) is 10.2 Å². The Bertz CT molecular complexity index is 1450. The fraction of sp³-hybridized carbons (Fsp3) is 0.231. The van der Waals surface area contributed by atoms with Gasteiger partial charge >= 0.3 is 0 Å². The fourth-order valence-corrected chi connectivity index (χ4v) is 3.57. The van der Waals surface area contributed by atoms with E-state index in [4.69, 9.17) is 4.74 Å². The summed E-state index contributed by atoms with van der Waals surface area (Å²) in [5.41, 5.74) is 2.12. The number of hydrogen-bond donors (Lipinski definition) is 1. The molecule has 10 heteroatoms. The first-order valence-electron chi connectivity index (χ1n) is 11.6. The quantitative estimate of drug-likeness (QED) is 0.385. The molecule has 3 aromatic heterocycles. The average Bonchev–Trinajstić information content (AvgIpc) is 2.91. The summed E-state index contributed by atoms with van der Waals surface area (Å²) in [7, 11) is 0. The monoisotopic (exact) mass is 486 g/mol. The van der Waals surface area contributed by atoms with E-state index in [9.17, 15) is 14.4 Å². The molecule has 1 N–H and O–H groups in total. The first-order chi connectivity index (χ1) is 17.5. The fourth-order valence-electron chi connectivity index (χ4n) is 3.57. The van der Waals surface area contributed by atoms with Gasteiger partial charge in [0.2, 0.25) is 5.91 Å². The SMILES string of the molecule is CCOc1ccc(-c2ccc(=O)n(CCNC(=O)C(C)n3nc(-c4ccncc4)ccc3=O)n2)cc1. The lowest BCUT2D eigenvalue weighted by Crippen LogP contribution is -2.39. The van der Waals surface area contributed by atoms with E-state index in [-0.39, 0.29) is 18.6 Å². The van der Waals surface area contributed by atoms with E-state index in [0.29, 0.717) is 18.0 Å². The van der Waals surface area contributed by atoms with Crippen molar-refractivity contribution in [2.45, 2.75) is 26.4 Å². The molecule has 1 amide bonds. The Labute approximate surface area is 207 Å². The zero-order valence-corrected chi connectivity index (χ0v) is 20.0. The maximum atomic E-state index is 12.8. The topological polar surface area (TPSA) is 121 Å². The van der Waals surface area contributed by atoms with Crippen molar-refractivity contribution in [3.63, 3.8) is 0 Å². The minimum atomic E-state index is -0.848. The molecule has 0 aliphatic carbocycles. The third kappa shape index (κ3) is 5.72. The molecule has 3 heterocycles. The van der Waals surface area contributed by atoms with Crippen LogP contribution < -0.4 is 21.2 Å². The predicted molar refractivity (Wildman–Crippen MR) is 135 cm³/mol. The molecule has 36 heavy (non-hydrogen) atoms. The van der Waals surface area contributed by atoms with Gasteiger partial charge in [-0.25, -0.2) is 9.36 Å². The Kier molecular flexibility index (Phi) is 7.64. The molecule has 0 fully saturated rings. The maximum absolute atomic E-state index is 12.8. The van der Waals surface area contributed by atoms with E-state index in [1.165, 1.54) is 16.8 Å². The highest BCUT2D eigenvalue weighted by atomic mass is 16.5. The van der Waals surface area contributed by atoms with E-state index in [1.807, 2.05) is 31.2 Å². The van der Waals surface area contributed by atoms with Gasteiger partial charge in [0.15, 0.2) is 0 Å². The highest BCUT2D eigenvalue weighted by molar-refractivity contribution is 5.79. The molecule has 1 unspecified atom stereocenters. The van der Waals surface area contributed by atoms with Gasteiger partial charge in [-0.1, -0.05) is 0 Å². The minimum absolute atomic E-state index is 0.154. The van der Waals surface area contributed by atoms with Crippen LogP contribution in [0.3, 0.4) is 0 Å². The third-order valence-corrected chi connectivity index (χ3v) is 5.50. The molecule has 0 saturated carbocycles. The molecule has 0 aliphatic heterocycles. The highest BCUT2D eigenvalue weighted by Gasteiger charge is 2.18. The molecule has 184 valence electrons. The Morgan fingerprint density at radius 3 is 2.22 bits per heavy atom. The van der Waals surface area contributed by atoms with Crippen LogP contribution in [0.15, 0.2) is 82.6 Å². The van der Waals surface area contributed by atoms with Crippen molar-refractivity contribution < 1.29 is 9.53 Å². The molecular formula is C26H26N6O4. The Hall–Kier alpha value is -4.60. The second kappa shape index (κ2) is 11.2. The highest BCUT2D eigenvalue weighted by Crippen LogP contribution is 2.20. The summed E-state index contributed by atoms with van der Waals surface area (Å²) in [6, 6.07) is 16.2. The first-order valence-corrected chi connectivity index (χ1v) is 11.6. The molecule has 10 nitrogen and oxygen atoms in total. The van der Waals surface area contributed by atoms with Crippen LogP contribution >= 0.6 is 0 Å². The van der Waals surface area contributed by atoms with Gasteiger partial charge in [-0.15, -0.1) is 0 Å². The minimum Gasteiger partial charge on any atom is -0.494 e. The van der Waals surface area contributed by atoms with Crippen molar-refractivity contribution in [2.75, 3.05) is 13.2 Å². The molecule has 0 saturated heterocycles. The molecule has 1 atom stereocenters. The van der Waals surface area contributed by atoms with Crippen molar-refractivity contribution in [3.05, 3.63) is 93.8 Å². The Balaban J connectivity index is 1.42. The van der Waals surface area contributed by atoms with E-state index in [0.717, 1.165) is 21.6 Å². The number of amides is 1. The molecule has 0 bridgehead atoms. The number of hydrogen-bond acceptors (Lipinski definition) is 7. The zero-order chi connectivity index (χ0) is 25.5. The average molecular weight is 487 g/mol. The van der Waals surface area contributed by atoms with Gasteiger partial charge in [0.05, 0.1) is 24.5 Å². The van der Waals surface area contributed by atoms with Gasteiger partial charge in [-0.3, -0.25) is 19.4 Å². The second-order valence-corrected chi connectivity index (χ2v) is 7.94. The van der Waals surface area contributed by atoms with E-state index in [2.05, 4.69) is 20.5 Å². The molecule has 4 aromatic rings. The summed E-state index contributed by atoms with van der Waals surface area (Å²) in [5.74, 6) is 0.360. The number of aromatic nitrogens is 5. The summed E-state index contributed by atoms with van der Waals surface area (Å²) in [4.78, 5) is 41.4. The number of carbonyl (C=O) groups excluding carboxylic acids is 1. The Morgan fingerprint density at radius 1 is 0.889 bits per heavy atom. The van der Waals surface area contributed by atoms with Crippen LogP contribution in [0, 0.1) is 0 Å². The van der Waals surface area contributed by atoms with Crippen LogP contribution in [0.2, 0.25) is 0 Å². The zero-order valence-electron chi connectivity index (χ0n) is 20.0. The molecule has 0 aliphatic rings. The van der Waals surface area contributed by atoms with Gasteiger partial charge < -0.3 is 10.1 Å². The van der Waals surface area contributed by atoms with Gasteiger partial charge in [0, 0.05) is 42.2 Å². The summed E-state index contributed by atoms with van der Waals surface area (Å²) >= 11 is 0. The van der Waals surface area contributed by atoms with Crippen molar-refractivity contribution >= 4 is 5.91 Å². The number of pyridine rings is 1. The number of nitrogens with one attached hydrogen (secondary N) is 1. The number of benzene rings is 1. The number of nitrogens with zero attached hydrogens (tertiary/aromatic N) is 5. The van der Waals surface area contributed by atoms with Crippen molar-refractivity contribution in [1.29, 1.82) is 0 Å². The predicted octanol–water partition coefficient (Wildman–Crippen LogP) is 2.31. The van der Waals surface area contributed by atoms with E-state index < -0.39 is 17.5 Å². The normalized spacial score (nSPS) is 11.6. The lowest BCUT2D eigenvalue weighted by Gasteiger charge is -2.15. The van der Waals surface area contributed by atoms with Crippen molar-refractivity contribution in [1.82, 2.24) is 29.9 Å². The second-order valence-electron chi connectivity index (χ2n) is 7.94. The summed E-state index contributed by atoms with van der Waals surface area (Å²) in [6.45, 7) is 4.41. The van der Waals surface area contributed by atoms with E-state index in [1.54, 1.807) is 43.6 Å². The van der Waals surface area contributed by atoms with Crippen LogP contribution in [-0.4, -0.2) is 43.6 Å². The standard InChI is InChI=1S/C26H26N6O4/c1-3-36-21-6-4-19(5-7-21)22-8-10-24(33)31(29-22)17-16-28-26(35)18(2)32-25(34)11-9-23(30-32)20-12-14-27-15-13-20/h4-15,18H,3,16-17H2,1-2H3,(H,28,35). The van der Waals surface area contributed by atoms with Gasteiger partial charge in [0.25, 0.3) is 11.1 Å². The lowest BCUT2D eigenvalue weighted by atomic mass is 10.1. The molecule has 4 rings (SSSR count). The Morgan fingerprint density at radius 2 is 1.53 bits per heavy atom. The van der Waals surface area contributed by atoms with Crippen LogP contribution in [-0.2, 0) is 11.3 Å². The van der Waals surface area contributed by atoms with Gasteiger partial charge in [0.1, 0.15) is 11.8 Å². The number of rotatable bonds is 9. The number of ether oxygens (including phenoxy) is 1. The first kappa shape index (κ1) is 24.5. The molecule has 0 radical (unpaired) electrons. The largest absolute Gasteiger partial charge is 0.494 e. The number of carbonyl (C=O) groups is 1. The van der Waals surface area contributed by atoms with Crippen LogP contribution in [0.4, 0.5) is 0 Å². The molecule has 1 aromatic carbocycles. The van der Waals surface area contributed by atoms with Crippen LogP contribution in [0.5, 0.6) is 5.75 Å². The third-order valence-electron chi connectivity index (χ3n) is 5.50.